The molecule has 0 saturated heterocycles. The largest absolute Gasteiger partial charge is 0.395 e. The molecule has 2 N–H and O–H groups in total. The van der Waals surface area contributed by atoms with Crippen LogP contribution < -0.4 is 5.32 Å². The molecule has 1 aromatic rings. The fraction of sp³-hybridized carbons (Fsp3) is 0.500. The second-order valence-electron chi connectivity index (χ2n) is 1.83. The summed E-state index contributed by atoms with van der Waals surface area (Å²) >= 11 is 1.62. The zero-order chi connectivity index (χ0) is 7.23. The average molecular weight is 158 g/mol. The molecule has 10 heavy (non-hydrogen) atoms. The van der Waals surface area contributed by atoms with Gasteiger partial charge in [0.05, 0.1) is 6.61 Å². The number of aliphatic hydroxyl groups is 1. The molecule has 0 saturated carbocycles. The summed E-state index contributed by atoms with van der Waals surface area (Å²) in [7, 11) is 0. The molecule has 0 unspecified atom stereocenters. The first kappa shape index (κ1) is 7.65. The van der Waals surface area contributed by atoms with Crippen LogP contribution in [-0.2, 0) is 6.54 Å². The van der Waals surface area contributed by atoms with Crippen LogP contribution in [0.1, 0.15) is 5.01 Å². The van der Waals surface area contributed by atoms with Gasteiger partial charge in [0.15, 0.2) is 0 Å². The molecule has 0 aliphatic carbocycles. The van der Waals surface area contributed by atoms with Gasteiger partial charge < -0.3 is 10.4 Å². The second-order valence-corrected chi connectivity index (χ2v) is 2.81. The van der Waals surface area contributed by atoms with E-state index in [0.29, 0.717) is 6.54 Å². The molecule has 0 aromatic carbocycles. The highest BCUT2D eigenvalue weighted by Crippen LogP contribution is 2.01. The van der Waals surface area contributed by atoms with Gasteiger partial charge in [-0.2, -0.15) is 0 Å². The molecule has 4 heteroatoms. The van der Waals surface area contributed by atoms with E-state index in [1.165, 1.54) is 0 Å². The topological polar surface area (TPSA) is 45.1 Å². The molecule has 1 rings (SSSR count). The molecule has 0 radical (unpaired) electrons. The first-order chi connectivity index (χ1) is 4.93. The van der Waals surface area contributed by atoms with Crippen molar-refractivity contribution in [3.05, 3.63) is 16.6 Å². The van der Waals surface area contributed by atoms with Gasteiger partial charge in [0, 0.05) is 24.7 Å². The molecular formula is C6H10N2OS. The first-order valence-corrected chi connectivity index (χ1v) is 4.01. The van der Waals surface area contributed by atoms with Gasteiger partial charge in [-0.25, -0.2) is 4.98 Å². The summed E-state index contributed by atoms with van der Waals surface area (Å²) in [5, 5.41) is 14.5. The van der Waals surface area contributed by atoms with Gasteiger partial charge in [-0.15, -0.1) is 11.3 Å². The molecule has 0 fully saturated rings. The van der Waals surface area contributed by atoms with Crippen LogP contribution in [-0.4, -0.2) is 23.2 Å². The second kappa shape index (κ2) is 4.38. The zero-order valence-electron chi connectivity index (χ0n) is 5.58. The van der Waals surface area contributed by atoms with Gasteiger partial charge in [-0.3, -0.25) is 0 Å². The van der Waals surface area contributed by atoms with Gasteiger partial charge in [-0.1, -0.05) is 0 Å². The van der Waals surface area contributed by atoms with Crippen LogP contribution in [0.25, 0.3) is 0 Å². The summed E-state index contributed by atoms with van der Waals surface area (Å²) < 4.78 is 0. The standard InChI is InChI=1S/C6H10N2OS/c9-3-1-7-5-6-8-2-4-10-6/h2,4,7,9H,1,3,5H2. The summed E-state index contributed by atoms with van der Waals surface area (Å²) in [6.07, 6.45) is 1.78. The van der Waals surface area contributed by atoms with Crippen LogP contribution in [0, 0.1) is 0 Å². The molecule has 0 bridgehead atoms. The van der Waals surface area contributed by atoms with E-state index in [1.54, 1.807) is 17.5 Å². The summed E-state index contributed by atoms with van der Waals surface area (Å²) in [4.78, 5) is 4.06. The van der Waals surface area contributed by atoms with Gasteiger partial charge in [0.25, 0.3) is 0 Å². The lowest BCUT2D eigenvalue weighted by Crippen LogP contribution is -2.17. The number of hydrogen-bond acceptors (Lipinski definition) is 4. The van der Waals surface area contributed by atoms with Crippen molar-refractivity contribution in [1.29, 1.82) is 0 Å². The number of hydrogen-bond donors (Lipinski definition) is 2. The smallest absolute Gasteiger partial charge is 0.106 e. The molecule has 0 spiro atoms. The number of nitrogens with one attached hydrogen (secondary N) is 1. The predicted octanol–water partition coefficient (Wildman–Crippen LogP) is 0.225. The van der Waals surface area contributed by atoms with Gasteiger partial charge in [0.2, 0.25) is 0 Å². The van der Waals surface area contributed by atoms with Crippen LogP contribution in [0.5, 0.6) is 0 Å². The molecule has 1 aromatic heterocycles. The zero-order valence-corrected chi connectivity index (χ0v) is 6.40. The summed E-state index contributed by atoms with van der Waals surface area (Å²) in [6.45, 7) is 1.59. The number of thiazole rings is 1. The number of nitrogens with zero attached hydrogens (tertiary/aromatic N) is 1. The van der Waals surface area contributed by atoms with Crippen molar-refractivity contribution in [2.45, 2.75) is 6.54 Å². The molecule has 0 aliphatic heterocycles. The summed E-state index contributed by atoms with van der Waals surface area (Å²) in [6, 6.07) is 0. The fourth-order valence-corrected chi connectivity index (χ4v) is 1.20. The van der Waals surface area contributed by atoms with E-state index in [1.807, 2.05) is 5.38 Å². The van der Waals surface area contributed by atoms with Crippen molar-refractivity contribution in [2.24, 2.45) is 0 Å². The van der Waals surface area contributed by atoms with Crippen molar-refractivity contribution < 1.29 is 5.11 Å². The highest BCUT2D eigenvalue weighted by molar-refractivity contribution is 7.09. The van der Waals surface area contributed by atoms with Gasteiger partial charge in [-0.05, 0) is 0 Å². The summed E-state index contributed by atoms with van der Waals surface area (Å²) in [5.74, 6) is 0. The molecule has 56 valence electrons. The Morgan fingerprint density at radius 2 is 2.60 bits per heavy atom. The molecule has 0 amide bonds. The van der Waals surface area contributed by atoms with E-state index >= 15 is 0 Å². The average Bonchev–Trinajstić information content (AvgIpc) is 2.41. The van der Waals surface area contributed by atoms with Crippen molar-refractivity contribution in [3.63, 3.8) is 0 Å². The molecular weight excluding hydrogens is 148 g/mol. The number of rotatable bonds is 4. The minimum absolute atomic E-state index is 0.186. The lowest BCUT2D eigenvalue weighted by molar-refractivity contribution is 0.292. The van der Waals surface area contributed by atoms with Crippen molar-refractivity contribution >= 4 is 11.3 Å². The van der Waals surface area contributed by atoms with Crippen LogP contribution in [0.2, 0.25) is 0 Å². The maximum atomic E-state index is 8.42. The van der Waals surface area contributed by atoms with Crippen LogP contribution in [0.4, 0.5) is 0 Å². The van der Waals surface area contributed by atoms with E-state index in [0.717, 1.165) is 11.6 Å². The Morgan fingerprint density at radius 1 is 1.70 bits per heavy atom. The third kappa shape index (κ3) is 2.43. The first-order valence-electron chi connectivity index (χ1n) is 3.13. The fourth-order valence-electron chi connectivity index (χ4n) is 0.615. The van der Waals surface area contributed by atoms with Crippen LogP contribution in [0.3, 0.4) is 0 Å². The highest BCUT2D eigenvalue weighted by Gasteiger charge is 1.91. The Bertz CT molecular complexity index is 164. The lowest BCUT2D eigenvalue weighted by Gasteiger charge is -1.96. The van der Waals surface area contributed by atoms with Gasteiger partial charge >= 0.3 is 0 Å². The molecule has 1 heterocycles. The number of aromatic nitrogens is 1. The van der Waals surface area contributed by atoms with Crippen molar-refractivity contribution in [2.75, 3.05) is 13.2 Å². The minimum atomic E-state index is 0.186. The van der Waals surface area contributed by atoms with Crippen LogP contribution in [0.15, 0.2) is 11.6 Å². The third-order valence-electron chi connectivity index (χ3n) is 1.05. The monoisotopic (exact) mass is 158 g/mol. The normalized spacial score (nSPS) is 10.1. The minimum Gasteiger partial charge on any atom is -0.395 e. The number of aliphatic hydroxyl groups excluding tert-OH is 1. The predicted molar refractivity (Wildman–Crippen MR) is 40.9 cm³/mol. The highest BCUT2D eigenvalue weighted by atomic mass is 32.1. The SMILES string of the molecule is OCCNCc1nccs1. The maximum absolute atomic E-state index is 8.42. The van der Waals surface area contributed by atoms with E-state index in [4.69, 9.17) is 5.11 Å². The van der Waals surface area contributed by atoms with Crippen LogP contribution >= 0.6 is 11.3 Å². The Labute approximate surface area is 63.7 Å². The molecule has 3 nitrogen and oxygen atoms in total. The van der Waals surface area contributed by atoms with E-state index in [2.05, 4.69) is 10.3 Å². The Hall–Kier alpha value is -0.450. The van der Waals surface area contributed by atoms with E-state index in [-0.39, 0.29) is 6.61 Å². The Kier molecular flexibility index (Phi) is 3.35. The molecule has 0 aliphatic rings. The quantitative estimate of drug-likeness (QED) is 0.616. The lowest BCUT2D eigenvalue weighted by atomic mass is 10.6. The van der Waals surface area contributed by atoms with Crippen molar-refractivity contribution in [3.8, 4) is 0 Å². The van der Waals surface area contributed by atoms with Gasteiger partial charge in [0.1, 0.15) is 5.01 Å². The Morgan fingerprint density at radius 3 is 3.20 bits per heavy atom. The Balaban J connectivity index is 2.15. The van der Waals surface area contributed by atoms with E-state index in [9.17, 15) is 0 Å². The van der Waals surface area contributed by atoms with E-state index < -0.39 is 0 Å². The summed E-state index contributed by atoms with van der Waals surface area (Å²) in [5.41, 5.74) is 0. The maximum Gasteiger partial charge on any atom is 0.106 e. The van der Waals surface area contributed by atoms with Crippen molar-refractivity contribution in [1.82, 2.24) is 10.3 Å². The molecule has 0 atom stereocenters. The third-order valence-corrected chi connectivity index (χ3v) is 1.83.